The Morgan fingerprint density at radius 1 is 0.778 bits per heavy atom. The normalized spacial score (nSPS) is 10.6. The van der Waals surface area contributed by atoms with Crippen molar-refractivity contribution in [3.63, 3.8) is 0 Å². The lowest BCUT2D eigenvalue weighted by Gasteiger charge is -2.09. The van der Waals surface area contributed by atoms with Crippen LogP contribution in [0, 0.1) is 11.8 Å². The summed E-state index contributed by atoms with van der Waals surface area (Å²) in [6.07, 6.45) is -4.44. The molecule has 0 saturated carbocycles. The maximum atomic E-state index is 12.6. The van der Waals surface area contributed by atoms with Gasteiger partial charge in [-0.3, -0.25) is 4.79 Å². The summed E-state index contributed by atoms with van der Waals surface area (Å²) in [7, 11) is 0. The van der Waals surface area contributed by atoms with Gasteiger partial charge in [0.15, 0.2) is 0 Å². The lowest BCUT2D eigenvalue weighted by molar-refractivity contribution is -0.137. The first kappa shape index (κ1) is 18.3. The molecule has 2 nitrogen and oxygen atoms in total. The number of hydrogen-bond donors (Lipinski definition) is 1. The fourth-order valence-electron chi connectivity index (χ4n) is 2.37. The number of rotatable bonds is 2. The summed E-state index contributed by atoms with van der Waals surface area (Å²) in [4.78, 5) is 12.4. The number of carbonyl (C=O) groups excluding carboxylic acids is 1. The number of hydrogen-bond acceptors (Lipinski definition) is 1. The minimum absolute atomic E-state index is 0.133. The van der Waals surface area contributed by atoms with Crippen LogP contribution in [0.3, 0.4) is 0 Å². The third kappa shape index (κ3) is 4.77. The number of anilines is 1. The van der Waals surface area contributed by atoms with E-state index in [0.717, 1.165) is 29.8 Å². The fraction of sp³-hybridized carbons (Fsp3) is 0.0455. The van der Waals surface area contributed by atoms with Crippen LogP contribution in [-0.2, 0) is 6.18 Å². The van der Waals surface area contributed by atoms with Crippen molar-refractivity contribution in [2.24, 2.45) is 0 Å². The van der Waals surface area contributed by atoms with E-state index < -0.39 is 17.6 Å². The van der Waals surface area contributed by atoms with Crippen molar-refractivity contribution in [2.75, 3.05) is 5.32 Å². The Morgan fingerprint density at radius 2 is 1.41 bits per heavy atom. The van der Waals surface area contributed by atoms with E-state index in [1.165, 1.54) is 0 Å². The SMILES string of the molecule is O=C(Nc1ccccc1C#Cc1ccccc1)c1ccc(C(F)(F)F)cc1. The highest BCUT2D eigenvalue weighted by atomic mass is 19.4. The molecule has 3 rings (SSSR count). The molecule has 0 fully saturated rings. The highest BCUT2D eigenvalue weighted by molar-refractivity contribution is 6.05. The van der Waals surface area contributed by atoms with Gasteiger partial charge in [-0.25, -0.2) is 0 Å². The van der Waals surface area contributed by atoms with Crippen LogP contribution in [0.5, 0.6) is 0 Å². The van der Waals surface area contributed by atoms with E-state index in [2.05, 4.69) is 17.2 Å². The summed E-state index contributed by atoms with van der Waals surface area (Å²) in [5.74, 6) is 5.51. The molecule has 0 saturated heterocycles. The molecular formula is C22H14F3NO. The number of para-hydroxylation sites is 1. The summed E-state index contributed by atoms with van der Waals surface area (Å²) < 4.78 is 37.9. The number of benzene rings is 3. The Labute approximate surface area is 154 Å². The highest BCUT2D eigenvalue weighted by Crippen LogP contribution is 2.29. The molecule has 1 amide bonds. The van der Waals surface area contributed by atoms with Crippen LogP contribution in [0.2, 0.25) is 0 Å². The van der Waals surface area contributed by atoms with E-state index in [0.29, 0.717) is 11.3 Å². The van der Waals surface area contributed by atoms with Crippen molar-refractivity contribution >= 4 is 11.6 Å². The summed E-state index contributed by atoms with van der Waals surface area (Å²) in [5.41, 5.74) is 1.27. The lowest BCUT2D eigenvalue weighted by atomic mass is 10.1. The van der Waals surface area contributed by atoms with Gasteiger partial charge in [0, 0.05) is 16.7 Å². The second-order valence-corrected chi connectivity index (χ2v) is 5.69. The lowest BCUT2D eigenvalue weighted by Crippen LogP contribution is -2.13. The molecule has 3 aromatic carbocycles. The Hall–Kier alpha value is -3.52. The number of amides is 1. The highest BCUT2D eigenvalue weighted by Gasteiger charge is 2.30. The summed E-state index contributed by atoms with van der Waals surface area (Å²) in [6.45, 7) is 0. The van der Waals surface area contributed by atoms with Gasteiger partial charge in [-0.1, -0.05) is 42.2 Å². The van der Waals surface area contributed by atoms with Gasteiger partial charge in [0.2, 0.25) is 0 Å². The third-order valence-corrected chi connectivity index (χ3v) is 3.76. The minimum atomic E-state index is -4.44. The molecule has 134 valence electrons. The van der Waals surface area contributed by atoms with E-state index in [9.17, 15) is 18.0 Å². The molecule has 0 unspecified atom stereocenters. The second-order valence-electron chi connectivity index (χ2n) is 5.69. The Morgan fingerprint density at radius 3 is 2.07 bits per heavy atom. The zero-order chi connectivity index (χ0) is 19.3. The van der Waals surface area contributed by atoms with Crippen LogP contribution in [-0.4, -0.2) is 5.91 Å². The van der Waals surface area contributed by atoms with Crippen LogP contribution in [0.25, 0.3) is 0 Å². The third-order valence-electron chi connectivity index (χ3n) is 3.76. The van der Waals surface area contributed by atoms with E-state index in [-0.39, 0.29) is 5.56 Å². The first-order valence-corrected chi connectivity index (χ1v) is 8.08. The van der Waals surface area contributed by atoms with Crippen LogP contribution >= 0.6 is 0 Å². The first-order chi connectivity index (χ1) is 12.9. The molecule has 0 aliphatic carbocycles. The largest absolute Gasteiger partial charge is 0.416 e. The van der Waals surface area contributed by atoms with Crippen molar-refractivity contribution in [1.82, 2.24) is 0 Å². The molecule has 0 spiro atoms. The second kappa shape index (κ2) is 7.79. The zero-order valence-corrected chi connectivity index (χ0v) is 14.0. The quantitative estimate of drug-likeness (QED) is 0.609. The van der Waals surface area contributed by atoms with Crippen molar-refractivity contribution in [1.29, 1.82) is 0 Å². The zero-order valence-electron chi connectivity index (χ0n) is 14.0. The number of halogens is 3. The van der Waals surface area contributed by atoms with Gasteiger partial charge in [0.1, 0.15) is 0 Å². The average molecular weight is 365 g/mol. The molecule has 0 atom stereocenters. The van der Waals surface area contributed by atoms with Crippen molar-refractivity contribution in [2.45, 2.75) is 6.18 Å². The molecule has 0 radical (unpaired) electrons. The fourth-order valence-corrected chi connectivity index (χ4v) is 2.37. The molecule has 0 aliphatic heterocycles. The van der Waals surface area contributed by atoms with Crippen LogP contribution in [0.4, 0.5) is 18.9 Å². The van der Waals surface area contributed by atoms with E-state index >= 15 is 0 Å². The van der Waals surface area contributed by atoms with Gasteiger partial charge < -0.3 is 5.32 Å². The molecule has 0 bridgehead atoms. The Kier molecular flexibility index (Phi) is 5.28. The van der Waals surface area contributed by atoms with Crippen molar-refractivity contribution in [3.8, 4) is 11.8 Å². The molecule has 27 heavy (non-hydrogen) atoms. The Balaban J connectivity index is 1.80. The average Bonchev–Trinajstić information content (AvgIpc) is 2.67. The number of carbonyl (C=O) groups is 1. The van der Waals surface area contributed by atoms with E-state index in [4.69, 9.17) is 0 Å². The molecule has 0 heterocycles. The summed E-state index contributed by atoms with van der Waals surface area (Å²) in [5, 5.41) is 2.70. The molecule has 3 aromatic rings. The predicted molar refractivity (Wildman–Crippen MR) is 98.3 cm³/mol. The monoisotopic (exact) mass is 365 g/mol. The number of alkyl halides is 3. The molecular weight excluding hydrogens is 351 g/mol. The molecule has 0 aliphatic rings. The van der Waals surface area contributed by atoms with Crippen LogP contribution in [0.1, 0.15) is 27.0 Å². The predicted octanol–water partition coefficient (Wildman–Crippen LogP) is 5.36. The molecule has 0 aromatic heterocycles. The van der Waals surface area contributed by atoms with Crippen LogP contribution < -0.4 is 5.32 Å². The van der Waals surface area contributed by atoms with Crippen molar-refractivity contribution in [3.05, 3.63) is 101 Å². The summed E-state index contributed by atoms with van der Waals surface area (Å²) in [6, 6.07) is 20.5. The van der Waals surface area contributed by atoms with E-state index in [1.807, 2.05) is 30.3 Å². The van der Waals surface area contributed by atoms with E-state index in [1.54, 1.807) is 24.3 Å². The molecule has 1 N–H and O–H groups in total. The summed E-state index contributed by atoms with van der Waals surface area (Å²) >= 11 is 0. The maximum absolute atomic E-state index is 12.6. The maximum Gasteiger partial charge on any atom is 0.416 e. The Bertz CT molecular complexity index is 997. The van der Waals surface area contributed by atoms with Crippen molar-refractivity contribution < 1.29 is 18.0 Å². The first-order valence-electron chi connectivity index (χ1n) is 8.08. The topological polar surface area (TPSA) is 29.1 Å². The van der Waals surface area contributed by atoms with Gasteiger partial charge in [0.25, 0.3) is 5.91 Å². The van der Waals surface area contributed by atoms with Crippen LogP contribution in [0.15, 0.2) is 78.9 Å². The molecule has 5 heteroatoms. The number of nitrogens with one attached hydrogen (secondary N) is 1. The van der Waals surface area contributed by atoms with Gasteiger partial charge in [-0.2, -0.15) is 13.2 Å². The van der Waals surface area contributed by atoms with Gasteiger partial charge in [-0.15, -0.1) is 0 Å². The van der Waals surface area contributed by atoms with Gasteiger partial charge in [-0.05, 0) is 48.5 Å². The van der Waals surface area contributed by atoms with Gasteiger partial charge in [0.05, 0.1) is 11.3 Å². The van der Waals surface area contributed by atoms with Gasteiger partial charge >= 0.3 is 6.18 Å². The standard InChI is InChI=1S/C22H14F3NO/c23-22(24,25)19-14-12-18(13-15-19)21(27)26-20-9-5-4-8-17(20)11-10-16-6-2-1-3-7-16/h1-9,12-15H,(H,26,27). The minimum Gasteiger partial charge on any atom is -0.321 e. The smallest absolute Gasteiger partial charge is 0.321 e.